The second kappa shape index (κ2) is 5.05. The van der Waals surface area contributed by atoms with Gasteiger partial charge in [-0.2, -0.15) is 13.2 Å². The highest BCUT2D eigenvalue weighted by molar-refractivity contribution is 7.89. The average Bonchev–Trinajstić information content (AvgIpc) is 2.25. The number of nitrogens with one attached hydrogen (secondary N) is 1. The van der Waals surface area contributed by atoms with Gasteiger partial charge in [-0.25, -0.2) is 17.9 Å². The van der Waals surface area contributed by atoms with E-state index in [4.69, 9.17) is 10.8 Å². The number of carbonyl (C=O) groups is 1. The topological polar surface area (TPSA) is 109 Å². The van der Waals surface area contributed by atoms with Crippen LogP contribution in [-0.2, 0) is 10.0 Å². The maximum atomic E-state index is 12.0. The molecule has 1 aromatic carbocycles. The van der Waals surface area contributed by atoms with E-state index in [0.29, 0.717) is 0 Å². The lowest BCUT2D eigenvalue weighted by Crippen LogP contribution is -2.34. The third kappa shape index (κ3) is 4.10. The summed E-state index contributed by atoms with van der Waals surface area (Å²) in [6.45, 7) is -1.79. The van der Waals surface area contributed by atoms with Crippen molar-refractivity contribution in [3.05, 3.63) is 23.8 Å². The number of anilines is 1. The predicted molar refractivity (Wildman–Crippen MR) is 59.1 cm³/mol. The van der Waals surface area contributed by atoms with Gasteiger partial charge in [0.25, 0.3) is 0 Å². The second-order valence-electron chi connectivity index (χ2n) is 3.50. The minimum Gasteiger partial charge on any atom is -0.478 e. The van der Waals surface area contributed by atoms with Crippen molar-refractivity contribution >= 4 is 21.7 Å². The molecule has 1 aromatic rings. The van der Waals surface area contributed by atoms with Crippen molar-refractivity contribution in [1.29, 1.82) is 0 Å². The van der Waals surface area contributed by atoms with Gasteiger partial charge in [-0.1, -0.05) is 0 Å². The fraction of sp³-hybridized carbons (Fsp3) is 0.222. The number of carboxylic acids is 1. The molecule has 0 unspecified atom stereocenters. The Hall–Kier alpha value is -1.81. The highest BCUT2D eigenvalue weighted by atomic mass is 32.2. The van der Waals surface area contributed by atoms with Gasteiger partial charge in [-0.15, -0.1) is 0 Å². The summed E-state index contributed by atoms with van der Waals surface area (Å²) in [6, 6.07) is 2.76. The first-order valence-electron chi connectivity index (χ1n) is 4.72. The van der Waals surface area contributed by atoms with Crippen LogP contribution in [0.3, 0.4) is 0 Å². The van der Waals surface area contributed by atoms with Crippen LogP contribution >= 0.6 is 0 Å². The highest BCUT2D eigenvalue weighted by Gasteiger charge is 2.31. The molecule has 0 aliphatic rings. The monoisotopic (exact) mass is 298 g/mol. The summed E-state index contributed by atoms with van der Waals surface area (Å²) in [4.78, 5) is 10.1. The van der Waals surface area contributed by atoms with Crippen molar-refractivity contribution < 1.29 is 31.5 Å². The van der Waals surface area contributed by atoms with Crippen molar-refractivity contribution in [1.82, 2.24) is 4.72 Å². The Morgan fingerprint density at radius 3 is 2.42 bits per heavy atom. The first-order chi connectivity index (χ1) is 8.53. The average molecular weight is 298 g/mol. The van der Waals surface area contributed by atoms with Crippen LogP contribution in [0.25, 0.3) is 0 Å². The van der Waals surface area contributed by atoms with Gasteiger partial charge in [-0.05, 0) is 18.2 Å². The van der Waals surface area contributed by atoms with Crippen molar-refractivity contribution in [3.8, 4) is 0 Å². The Labute approximate surface area is 106 Å². The lowest BCUT2D eigenvalue weighted by atomic mass is 10.2. The van der Waals surface area contributed by atoms with Crippen LogP contribution in [0.15, 0.2) is 23.1 Å². The number of alkyl halides is 3. The Morgan fingerprint density at radius 1 is 1.37 bits per heavy atom. The molecule has 6 nitrogen and oxygen atoms in total. The first kappa shape index (κ1) is 15.2. The number of rotatable bonds is 4. The van der Waals surface area contributed by atoms with Crippen LogP contribution < -0.4 is 10.5 Å². The number of nitrogens with two attached hydrogens (primary N) is 1. The maximum absolute atomic E-state index is 12.0. The van der Waals surface area contributed by atoms with E-state index in [1.807, 2.05) is 0 Å². The molecule has 1 rings (SSSR count). The molecule has 0 aliphatic carbocycles. The zero-order valence-corrected chi connectivity index (χ0v) is 10.0. The molecular formula is C9H9F3N2O4S. The smallest absolute Gasteiger partial charge is 0.402 e. The van der Waals surface area contributed by atoms with E-state index in [0.717, 1.165) is 18.2 Å². The summed E-state index contributed by atoms with van der Waals surface area (Å²) in [7, 11) is -4.59. The van der Waals surface area contributed by atoms with Crippen molar-refractivity contribution in [2.45, 2.75) is 11.1 Å². The summed E-state index contributed by atoms with van der Waals surface area (Å²) in [5.74, 6) is -1.61. The number of nitrogen functional groups attached to an aromatic ring is 1. The van der Waals surface area contributed by atoms with E-state index in [1.165, 1.54) is 4.72 Å². The molecule has 0 aromatic heterocycles. The van der Waals surface area contributed by atoms with Crippen molar-refractivity contribution in [2.24, 2.45) is 0 Å². The fourth-order valence-corrected chi connectivity index (χ4v) is 2.40. The molecule has 0 radical (unpaired) electrons. The molecule has 0 bridgehead atoms. The van der Waals surface area contributed by atoms with E-state index < -0.39 is 39.2 Å². The number of aromatic carboxylic acids is 1. The predicted octanol–water partition coefficient (Wildman–Crippen LogP) is 0.808. The molecule has 0 saturated heterocycles. The zero-order chi connectivity index (χ0) is 14.8. The van der Waals surface area contributed by atoms with Crippen LogP contribution in [-0.4, -0.2) is 32.2 Å². The third-order valence-corrected chi connectivity index (χ3v) is 3.45. The van der Waals surface area contributed by atoms with Gasteiger partial charge in [0.05, 0.1) is 10.5 Å². The Balaban J connectivity index is 3.18. The molecule has 10 heteroatoms. The lowest BCUT2D eigenvalue weighted by Gasteiger charge is -2.11. The van der Waals surface area contributed by atoms with E-state index in [2.05, 4.69) is 0 Å². The van der Waals surface area contributed by atoms with Gasteiger partial charge in [0.1, 0.15) is 6.54 Å². The van der Waals surface area contributed by atoms with E-state index >= 15 is 0 Å². The number of halogens is 3. The maximum Gasteiger partial charge on any atom is 0.402 e. The second-order valence-corrected chi connectivity index (χ2v) is 5.24. The molecule has 0 spiro atoms. The van der Waals surface area contributed by atoms with E-state index in [9.17, 15) is 26.4 Å². The van der Waals surface area contributed by atoms with Gasteiger partial charge < -0.3 is 10.8 Å². The molecule has 0 fully saturated rings. The standard InChI is InChI=1S/C9H9F3N2O4S/c10-9(11,12)4-14-19(17,18)7-2-1-5(13)3-6(7)8(15)16/h1-3,14H,4,13H2,(H,15,16). The van der Waals surface area contributed by atoms with Gasteiger partial charge in [0.2, 0.25) is 10.0 Å². The Bertz CT molecular complexity index is 598. The van der Waals surface area contributed by atoms with Crippen LogP contribution in [0, 0.1) is 0 Å². The number of hydrogen-bond acceptors (Lipinski definition) is 4. The summed E-state index contributed by atoms with van der Waals surface area (Å²) >= 11 is 0. The van der Waals surface area contributed by atoms with Crippen LogP contribution in [0.4, 0.5) is 18.9 Å². The molecule has 4 N–H and O–H groups in total. The lowest BCUT2D eigenvalue weighted by molar-refractivity contribution is -0.121. The molecule has 0 aliphatic heterocycles. The van der Waals surface area contributed by atoms with Gasteiger partial charge in [-0.3, -0.25) is 0 Å². The van der Waals surface area contributed by atoms with Crippen molar-refractivity contribution in [2.75, 3.05) is 12.3 Å². The van der Waals surface area contributed by atoms with E-state index in [1.54, 1.807) is 0 Å². The molecule has 0 amide bonds. The van der Waals surface area contributed by atoms with Crippen molar-refractivity contribution in [3.63, 3.8) is 0 Å². The van der Waals surface area contributed by atoms with Gasteiger partial charge in [0.15, 0.2) is 0 Å². The van der Waals surface area contributed by atoms with E-state index in [-0.39, 0.29) is 5.69 Å². The number of sulfonamides is 1. The number of benzene rings is 1. The first-order valence-corrected chi connectivity index (χ1v) is 6.20. The summed E-state index contributed by atoms with van der Waals surface area (Å²) < 4.78 is 60.4. The molecule has 19 heavy (non-hydrogen) atoms. The minimum absolute atomic E-state index is 0.0211. The number of hydrogen-bond donors (Lipinski definition) is 3. The summed E-state index contributed by atoms with van der Waals surface area (Å²) in [6.07, 6.45) is -4.75. The van der Waals surface area contributed by atoms with Crippen LogP contribution in [0.5, 0.6) is 0 Å². The SMILES string of the molecule is Nc1ccc(S(=O)(=O)NCC(F)(F)F)c(C(=O)O)c1. The minimum atomic E-state index is -4.75. The molecule has 0 saturated carbocycles. The fourth-order valence-electron chi connectivity index (χ4n) is 1.20. The third-order valence-electron chi connectivity index (χ3n) is 1.99. The Kier molecular flexibility index (Phi) is 4.06. The van der Waals surface area contributed by atoms with Gasteiger partial charge >= 0.3 is 12.1 Å². The largest absolute Gasteiger partial charge is 0.478 e. The quantitative estimate of drug-likeness (QED) is 0.712. The molecular weight excluding hydrogens is 289 g/mol. The normalized spacial score (nSPS) is 12.4. The Morgan fingerprint density at radius 2 is 1.95 bits per heavy atom. The zero-order valence-electron chi connectivity index (χ0n) is 9.23. The van der Waals surface area contributed by atoms with Crippen LogP contribution in [0.2, 0.25) is 0 Å². The number of carboxylic acid groups (broad SMARTS) is 1. The van der Waals surface area contributed by atoms with Gasteiger partial charge in [0, 0.05) is 5.69 Å². The molecule has 106 valence electrons. The van der Waals surface area contributed by atoms with Crippen LogP contribution in [0.1, 0.15) is 10.4 Å². The summed E-state index contributed by atoms with van der Waals surface area (Å²) in [5.41, 5.74) is 4.57. The molecule has 0 atom stereocenters. The molecule has 0 heterocycles. The highest BCUT2D eigenvalue weighted by Crippen LogP contribution is 2.20. The summed E-state index contributed by atoms with van der Waals surface area (Å²) in [5, 5.41) is 8.81.